The molecular formula is C13H12ClF2N5O2. The maximum atomic E-state index is 13.8. The van der Waals surface area contributed by atoms with E-state index < -0.39 is 16.6 Å². The van der Waals surface area contributed by atoms with Crippen LogP contribution in [0.25, 0.3) is 0 Å². The number of aryl methyl sites for hydroxylation is 2. The van der Waals surface area contributed by atoms with Gasteiger partial charge in [-0.1, -0.05) is 11.6 Å². The predicted molar refractivity (Wildman–Crippen MR) is 81.8 cm³/mol. The SMILES string of the molecule is C/C(=N\Nc1c([N+](=O)[O-])c(C)nn1C)c1cc(F)c(Cl)cc1F. The number of hydrogen-bond donors (Lipinski definition) is 1. The number of rotatable bonds is 4. The molecule has 0 bridgehead atoms. The second-order valence-corrected chi connectivity index (χ2v) is 5.13. The Morgan fingerprint density at radius 2 is 2.09 bits per heavy atom. The maximum Gasteiger partial charge on any atom is 0.335 e. The van der Waals surface area contributed by atoms with E-state index in [0.717, 1.165) is 12.1 Å². The lowest BCUT2D eigenvalue weighted by atomic mass is 10.1. The average molecular weight is 344 g/mol. The topological polar surface area (TPSA) is 85.3 Å². The van der Waals surface area contributed by atoms with Crippen molar-refractivity contribution < 1.29 is 13.7 Å². The summed E-state index contributed by atoms with van der Waals surface area (Å²) < 4.78 is 28.5. The van der Waals surface area contributed by atoms with Crippen LogP contribution in [0.3, 0.4) is 0 Å². The highest BCUT2D eigenvalue weighted by Gasteiger charge is 2.24. The van der Waals surface area contributed by atoms with Crippen LogP contribution >= 0.6 is 11.6 Å². The Morgan fingerprint density at radius 1 is 1.43 bits per heavy atom. The van der Waals surface area contributed by atoms with Crippen molar-refractivity contribution in [2.75, 3.05) is 5.43 Å². The van der Waals surface area contributed by atoms with Gasteiger partial charge in [-0.3, -0.25) is 15.5 Å². The molecule has 0 aliphatic heterocycles. The van der Waals surface area contributed by atoms with E-state index in [2.05, 4.69) is 15.6 Å². The monoisotopic (exact) mass is 343 g/mol. The second-order valence-electron chi connectivity index (χ2n) is 4.72. The number of hydrazone groups is 1. The van der Waals surface area contributed by atoms with Crippen molar-refractivity contribution in [3.8, 4) is 0 Å². The largest absolute Gasteiger partial charge is 0.335 e. The number of nitrogens with one attached hydrogen (secondary N) is 1. The number of aromatic nitrogens is 2. The fourth-order valence-electron chi connectivity index (χ4n) is 1.99. The summed E-state index contributed by atoms with van der Waals surface area (Å²) in [4.78, 5) is 10.4. The summed E-state index contributed by atoms with van der Waals surface area (Å²) in [5.74, 6) is -1.52. The lowest BCUT2D eigenvalue weighted by Crippen LogP contribution is -2.06. The highest BCUT2D eigenvalue weighted by molar-refractivity contribution is 6.30. The van der Waals surface area contributed by atoms with E-state index in [4.69, 9.17) is 11.6 Å². The van der Waals surface area contributed by atoms with E-state index in [1.807, 2.05) is 0 Å². The molecule has 7 nitrogen and oxygen atoms in total. The molecule has 0 unspecified atom stereocenters. The zero-order valence-electron chi connectivity index (χ0n) is 12.4. The standard InChI is InChI=1S/C13H12ClF2N5O2/c1-6(8-4-11(16)9(14)5-10(8)15)17-18-13-12(21(22)23)7(2)19-20(13)3/h4-5,18H,1-3H3/b17-6+. The van der Waals surface area contributed by atoms with Crippen LogP contribution in [0.15, 0.2) is 17.2 Å². The van der Waals surface area contributed by atoms with Crippen LogP contribution in [-0.4, -0.2) is 20.4 Å². The zero-order chi connectivity index (χ0) is 17.3. The Morgan fingerprint density at radius 3 is 2.70 bits per heavy atom. The Kier molecular flexibility index (Phi) is 4.60. The minimum atomic E-state index is -0.792. The first-order valence-corrected chi connectivity index (χ1v) is 6.73. The quantitative estimate of drug-likeness (QED) is 0.399. The molecule has 0 saturated heterocycles. The van der Waals surface area contributed by atoms with E-state index in [-0.39, 0.29) is 33.5 Å². The Labute approximate surface area is 134 Å². The summed E-state index contributed by atoms with van der Waals surface area (Å²) in [6.07, 6.45) is 0. The smallest absolute Gasteiger partial charge is 0.258 e. The molecule has 0 aliphatic carbocycles. The van der Waals surface area contributed by atoms with Gasteiger partial charge in [0.2, 0.25) is 5.82 Å². The van der Waals surface area contributed by atoms with Crippen LogP contribution in [0, 0.1) is 28.7 Å². The molecule has 10 heteroatoms. The second kappa shape index (κ2) is 6.29. The van der Waals surface area contributed by atoms with Gasteiger partial charge in [-0.25, -0.2) is 13.5 Å². The summed E-state index contributed by atoms with van der Waals surface area (Å²) >= 11 is 5.49. The van der Waals surface area contributed by atoms with Gasteiger partial charge in [-0.2, -0.15) is 10.2 Å². The zero-order valence-corrected chi connectivity index (χ0v) is 13.1. The molecule has 1 aromatic carbocycles. The normalized spacial score (nSPS) is 11.7. The molecule has 1 heterocycles. The first-order valence-electron chi connectivity index (χ1n) is 6.35. The summed E-state index contributed by atoms with van der Waals surface area (Å²) in [6.45, 7) is 2.90. The van der Waals surface area contributed by atoms with Gasteiger partial charge >= 0.3 is 5.69 Å². The molecule has 0 spiro atoms. The average Bonchev–Trinajstić information content (AvgIpc) is 2.74. The van der Waals surface area contributed by atoms with Gasteiger partial charge in [0, 0.05) is 12.6 Å². The van der Waals surface area contributed by atoms with Crippen LogP contribution in [0.4, 0.5) is 20.3 Å². The fraction of sp³-hybridized carbons (Fsp3) is 0.231. The third-order valence-electron chi connectivity index (χ3n) is 3.10. The van der Waals surface area contributed by atoms with Gasteiger partial charge in [0.25, 0.3) is 0 Å². The molecule has 23 heavy (non-hydrogen) atoms. The molecule has 2 aromatic rings. The molecular weight excluding hydrogens is 332 g/mol. The fourth-order valence-corrected chi connectivity index (χ4v) is 2.14. The number of benzene rings is 1. The molecule has 0 saturated carbocycles. The van der Waals surface area contributed by atoms with Gasteiger partial charge in [0.1, 0.15) is 17.3 Å². The number of nitro groups is 1. The van der Waals surface area contributed by atoms with Crippen molar-refractivity contribution in [3.63, 3.8) is 0 Å². The van der Waals surface area contributed by atoms with Crippen LogP contribution in [0.1, 0.15) is 18.2 Å². The molecule has 1 aromatic heterocycles. The lowest BCUT2D eigenvalue weighted by Gasteiger charge is -2.06. The number of halogens is 3. The summed E-state index contributed by atoms with van der Waals surface area (Å²) in [5.41, 5.74) is 2.41. The van der Waals surface area contributed by atoms with E-state index in [1.165, 1.54) is 25.6 Å². The molecule has 0 amide bonds. The first kappa shape index (κ1) is 16.8. The summed E-state index contributed by atoms with van der Waals surface area (Å²) in [6, 6.07) is 1.74. The van der Waals surface area contributed by atoms with Crippen LogP contribution < -0.4 is 5.43 Å². The van der Waals surface area contributed by atoms with E-state index in [0.29, 0.717) is 0 Å². The molecule has 0 fully saturated rings. The molecule has 0 aliphatic rings. The molecule has 0 radical (unpaired) electrons. The first-order chi connectivity index (χ1) is 10.7. The lowest BCUT2D eigenvalue weighted by molar-refractivity contribution is -0.384. The highest BCUT2D eigenvalue weighted by atomic mass is 35.5. The van der Waals surface area contributed by atoms with E-state index in [9.17, 15) is 18.9 Å². The number of anilines is 1. The van der Waals surface area contributed by atoms with Gasteiger partial charge in [-0.15, -0.1) is 0 Å². The number of nitrogens with zero attached hydrogens (tertiary/aromatic N) is 4. The van der Waals surface area contributed by atoms with Crippen LogP contribution in [-0.2, 0) is 7.05 Å². The minimum Gasteiger partial charge on any atom is -0.258 e. The molecule has 0 atom stereocenters. The predicted octanol–water partition coefficient (Wildman–Crippen LogP) is 3.40. The van der Waals surface area contributed by atoms with Gasteiger partial charge in [-0.05, 0) is 26.0 Å². The van der Waals surface area contributed by atoms with Crippen molar-refractivity contribution in [1.82, 2.24) is 9.78 Å². The molecule has 2 rings (SSSR count). The number of hydrogen-bond acceptors (Lipinski definition) is 5. The van der Waals surface area contributed by atoms with Crippen molar-refractivity contribution >= 4 is 28.8 Å². The Bertz CT molecular complexity index is 819. The van der Waals surface area contributed by atoms with Crippen molar-refractivity contribution in [2.24, 2.45) is 12.1 Å². The van der Waals surface area contributed by atoms with Crippen molar-refractivity contribution in [3.05, 3.63) is 50.2 Å². The summed E-state index contributed by atoms with van der Waals surface area (Å²) in [7, 11) is 1.50. The minimum absolute atomic E-state index is 0.0293. The van der Waals surface area contributed by atoms with E-state index in [1.54, 1.807) is 0 Å². The van der Waals surface area contributed by atoms with E-state index >= 15 is 0 Å². The molecule has 1 N–H and O–H groups in total. The third-order valence-corrected chi connectivity index (χ3v) is 3.39. The summed E-state index contributed by atoms with van der Waals surface area (Å²) in [5, 5.41) is 18.5. The Balaban J connectivity index is 2.38. The van der Waals surface area contributed by atoms with Crippen molar-refractivity contribution in [1.29, 1.82) is 0 Å². The maximum absolute atomic E-state index is 13.8. The van der Waals surface area contributed by atoms with Crippen LogP contribution in [0.5, 0.6) is 0 Å². The van der Waals surface area contributed by atoms with Crippen molar-refractivity contribution in [2.45, 2.75) is 13.8 Å². The third kappa shape index (κ3) is 3.29. The molecule has 122 valence electrons. The van der Waals surface area contributed by atoms with Gasteiger partial charge in [0.15, 0.2) is 0 Å². The van der Waals surface area contributed by atoms with Gasteiger partial charge < -0.3 is 0 Å². The van der Waals surface area contributed by atoms with Gasteiger partial charge in [0.05, 0.1) is 15.7 Å². The highest BCUT2D eigenvalue weighted by Crippen LogP contribution is 2.27. The van der Waals surface area contributed by atoms with Crippen LogP contribution in [0.2, 0.25) is 5.02 Å². The Hall–Kier alpha value is -2.55.